The van der Waals surface area contributed by atoms with Crippen LogP contribution in [-0.2, 0) is 17.9 Å². The number of hydrogen-bond acceptors (Lipinski definition) is 4. The third-order valence-corrected chi connectivity index (χ3v) is 5.49. The Hall–Kier alpha value is -2.46. The fourth-order valence-electron chi connectivity index (χ4n) is 2.62. The summed E-state index contributed by atoms with van der Waals surface area (Å²) in [4.78, 5) is 16.2. The number of quaternary nitrogens is 1. The van der Waals surface area contributed by atoms with Crippen molar-refractivity contribution in [1.82, 2.24) is 0 Å². The van der Waals surface area contributed by atoms with Crippen molar-refractivity contribution < 1.29 is 9.69 Å². The maximum atomic E-state index is 12.5. The van der Waals surface area contributed by atoms with Crippen molar-refractivity contribution in [3.8, 4) is 6.07 Å². The van der Waals surface area contributed by atoms with Gasteiger partial charge in [0.1, 0.15) is 19.2 Å². The molecule has 1 amide bonds. The van der Waals surface area contributed by atoms with Gasteiger partial charge in [-0.15, -0.1) is 22.7 Å². The highest BCUT2D eigenvalue weighted by Crippen LogP contribution is 2.13. The summed E-state index contributed by atoms with van der Waals surface area (Å²) in [6, 6.07) is 17.4. The van der Waals surface area contributed by atoms with E-state index in [2.05, 4.69) is 34.3 Å². The summed E-state index contributed by atoms with van der Waals surface area (Å²) in [6.45, 7) is 1.97. The second kappa shape index (κ2) is 8.58. The molecule has 3 rings (SSSR count). The molecular formula is C19H18N3OS2+. The fourth-order valence-corrected chi connectivity index (χ4v) is 4.17. The minimum absolute atomic E-state index is 0.0780. The maximum absolute atomic E-state index is 12.5. The van der Waals surface area contributed by atoms with Gasteiger partial charge in [-0.2, -0.15) is 5.26 Å². The summed E-state index contributed by atoms with van der Waals surface area (Å²) in [5, 5.41) is 16.1. The Morgan fingerprint density at radius 2 is 1.64 bits per heavy atom. The van der Waals surface area contributed by atoms with Crippen molar-refractivity contribution in [1.29, 1.82) is 5.26 Å². The van der Waals surface area contributed by atoms with Crippen molar-refractivity contribution in [2.24, 2.45) is 0 Å². The zero-order valence-electron chi connectivity index (χ0n) is 13.6. The first-order chi connectivity index (χ1) is 12.2. The zero-order valence-corrected chi connectivity index (χ0v) is 15.2. The zero-order chi connectivity index (χ0) is 17.5. The molecule has 6 heteroatoms. The highest BCUT2D eigenvalue weighted by molar-refractivity contribution is 7.10. The number of para-hydroxylation sites is 1. The van der Waals surface area contributed by atoms with E-state index in [4.69, 9.17) is 5.26 Å². The van der Waals surface area contributed by atoms with Crippen LogP contribution in [-0.4, -0.2) is 12.5 Å². The number of nitrogens with one attached hydrogen (secondary N) is 2. The maximum Gasteiger partial charge on any atom is 0.279 e. The predicted octanol–water partition coefficient (Wildman–Crippen LogP) is 2.91. The second-order valence-electron chi connectivity index (χ2n) is 5.64. The van der Waals surface area contributed by atoms with E-state index in [-0.39, 0.29) is 5.91 Å². The van der Waals surface area contributed by atoms with Gasteiger partial charge >= 0.3 is 0 Å². The first kappa shape index (κ1) is 17.4. The first-order valence-electron chi connectivity index (χ1n) is 7.92. The van der Waals surface area contributed by atoms with Gasteiger partial charge in [0.25, 0.3) is 5.91 Å². The molecule has 1 aromatic carbocycles. The van der Waals surface area contributed by atoms with Crippen LogP contribution in [0.15, 0.2) is 59.3 Å². The van der Waals surface area contributed by atoms with E-state index in [0.29, 0.717) is 17.8 Å². The van der Waals surface area contributed by atoms with Crippen LogP contribution in [0.2, 0.25) is 0 Å². The third-order valence-electron chi connectivity index (χ3n) is 3.74. The quantitative estimate of drug-likeness (QED) is 0.674. The van der Waals surface area contributed by atoms with Crippen molar-refractivity contribution >= 4 is 34.3 Å². The van der Waals surface area contributed by atoms with E-state index < -0.39 is 0 Å². The smallest absolute Gasteiger partial charge is 0.279 e. The molecule has 4 nitrogen and oxygen atoms in total. The Kier molecular flexibility index (Phi) is 5.96. The minimum atomic E-state index is -0.0780. The molecule has 0 radical (unpaired) electrons. The molecule has 3 aromatic rings. The molecule has 0 atom stereocenters. The number of nitrogens with zero attached hydrogens (tertiary/aromatic N) is 1. The second-order valence-corrected chi connectivity index (χ2v) is 7.71. The van der Waals surface area contributed by atoms with E-state index in [0.717, 1.165) is 13.1 Å². The number of benzene rings is 1. The Morgan fingerprint density at radius 1 is 1.00 bits per heavy atom. The van der Waals surface area contributed by atoms with Crippen LogP contribution in [0.25, 0.3) is 0 Å². The van der Waals surface area contributed by atoms with Gasteiger partial charge < -0.3 is 10.2 Å². The first-order valence-corrected chi connectivity index (χ1v) is 9.68. The normalized spacial score (nSPS) is 10.6. The lowest BCUT2D eigenvalue weighted by atomic mass is 10.2. The lowest BCUT2D eigenvalue weighted by molar-refractivity contribution is -0.918. The number of nitriles is 1. The van der Waals surface area contributed by atoms with Crippen LogP contribution in [0.3, 0.4) is 0 Å². The van der Waals surface area contributed by atoms with Gasteiger partial charge in [-0.05, 0) is 35.0 Å². The van der Waals surface area contributed by atoms with Crippen LogP contribution in [0.5, 0.6) is 0 Å². The molecule has 0 aliphatic heterocycles. The highest BCUT2D eigenvalue weighted by Gasteiger charge is 2.17. The van der Waals surface area contributed by atoms with Crippen molar-refractivity contribution in [2.75, 3.05) is 11.9 Å². The average molecular weight is 369 g/mol. The molecule has 2 heterocycles. The monoisotopic (exact) mass is 368 g/mol. The molecule has 2 aromatic heterocycles. The van der Waals surface area contributed by atoms with Gasteiger partial charge in [-0.25, -0.2) is 0 Å². The standard InChI is InChI=1S/C19H17N3OS2/c20-11-15-5-1-2-8-18(15)21-19(23)14-22(12-16-6-3-9-24-16)13-17-7-4-10-25-17/h1-10H,12-14H2,(H,21,23)/p+1. The van der Waals surface area contributed by atoms with Crippen LogP contribution in [0.4, 0.5) is 5.69 Å². The fraction of sp³-hybridized carbons (Fsp3) is 0.158. The van der Waals surface area contributed by atoms with E-state index in [1.165, 1.54) is 14.7 Å². The van der Waals surface area contributed by atoms with Gasteiger partial charge in [-0.3, -0.25) is 4.79 Å². The van der Waals surface area contributed by atoms with E-state index >= 15 is 0 Å². The highest BCUT2D eigenvalue weighted by atomic mass is 32.1. The number of thiophene rings is 2. The summed E-state index contributed by atoms with van der Waals surface area (Å²) in [5.74, 6) is -0.0780. The lowest BCUT2D eigenvalue weighted by Crippen LogP contribution is -3.10. The largest absolute Gasteiger partial charge is 0.320 e. The average Bonchev–Trinajstić information content (AvgIpc) is 3.29. The molecule has 126 valence electrons. The molecule has 0 aliphatic carbocycles. The number of hydrogen-bond donors (Lipinski definition) is 2. The number of anilines is 1. The topological polar surface area (TPSA) is 57.3 Å². The molecule has 0 aliphatic rings. The molecule has 25 heavy (non-hydrogen) atoms. The number of carbonyl (C=O) groups excluding carboxylic acids is 1. The molecule has 2 N–H and O–H groups in total. The summed E-state index contributed by atoms with van der Waals surface area (Å²) in [6.07, 6.45) is 0. The lowest BCUT2D eigenvalue weighted by Gasteiger charge is -2.18. The molecule has 0 saturated carbocycles. The predicted molar refractivity (Wildman–Crippen MR) is 102 cm³/mol. The van der Waals surface area contributed by atoms with Gasteiger partial charge in [0, 0.05) is 0 Å². The molecular weight excluding hydrogens is 350 g/mol. The van der Waals surface area contributed by atoms with Gasteiger partial charge in [0.05, 0.1) is 21.0 Å². The van der Waals surface area contributed by atoms with Crippen molar-refractivity contribution in [3.63, 3.8) is 0 Å². The minimum Gasteiger partial charge on any atom is -0.320 e. The molecule has 0 spiro atoms. The Bertz CT molecular complexity index is 815. The Balaban J connectivity index is 1.68. The molecule has 0 unspecified atom stereocenters. The number of amides is 1. The Morgan fingerprint density at radius 3 is 2.20 bits per heavy atom. The molecule has 0 saturated heterocycles. The van der Waals surface area contributed by atoms with Crippen molar-refractivity contribution in [2.45, 2.75) is 13.1 Å². The third kappa shape index (κ3) is 5.00. The van der Waals surface area contributed by atoms with Crippen LogP contribution in [0, 0.1) is 11.3 Å². The van der Waals surface area contributed by atoms with Crippen LogP contribution < -0.4 is 10.2 Å². The van der Waals surface area contributed by atoms with Crippen LogP contribution in [0.1, 0.15) is 15.3 Å². The summed E-state index contributed by atoms with van der Waals surface area (Å²) in [5.41, 5.74) is 1.05. The molecule has 0 fully saturated rings. The number of rotatable bonds is 7. The Labute approximate surface area is 155 Å². The van der Waals surface area contributed by atoms with Crippen molar-refractivity contribution in [3.05, 3.63) is 74.6 Å². The van der Waals surface area contributed by atoms with E-state index in [1.54, 1.807) is 40.9 Å². The van der Waals surface area contributed by atoms with E-state index in [1.807, 2.05) is 18.2 Å². The SMILES string of the molecule is N#Cc1ccccc1NC(=O)C[NH+](Cc1cccs1)Cc1cccs1. The van der Waals surface area contributed by atoms with Crippen LogP contribution >= 0.6 is 22.7 Å². The van der Waals surface area contributed by atoms with Gasteiger partial charge in [-0.1, -0.05) is 24.3 Å². The van der Waals surface area contributed by atoms with Gasteiger partial charge in [0.2, 0.25) is 0 Å². The van der Waals surface area contributed by atoms with E-state index in [9.17, 15) is 4.79 Å². The summed E-state index contributed by atoms with van der Waals surface area (Å²) >= 11 is 3.42. The van der Waals surface area contributed by atoms with Gasteiger partial charge in [0.15, 0.2) is 6.54 Å². The number of carbonyl (C=O) groups is 1. The summed E-state index contributed by atoms with van der Waals surface area (Å²) < 4.78 is 0. The molecule has 0 bridgehead atoms. The summed E-state index contributed by atoms with van der Waals surface area (Å²) in [7, 11) is 0.